The Morgan fingerprint density at radius 2 is 1.93 bits per heavy atom. The fourth-order valence-electron chi connectivity index (χ4n) is 3.13. The Bertz CT molecular complexity index is 976. The first-order chi connectivity index (χ1) is 12.7. The third-order valence-electron chi connectivity index (χ3n) is 4.73. The zero-order valence-corrected chi connectivity index (χ0v) is 17.0. The van der Waals surface area contributed by atoms with E-state index in [0.717, 1.165) is 23.0 Å². The van der Waals surface area contributed by atoms with Crippen LogP contribution in [0.1, 0.15) is 12.5 Å². The van der Waals surface area contributed by atoms with Gasteiger partial charge in [0.05, 0.1) is 5.02 Å². The Labute approximate surface area is 164 Å². The van der Waals surface area contributed by atoms with Crippen LogP contribution in [-0.4, -0.2) is 45.3 Å². The van der Waals surface area contributed by atoms with Crippen molar-refractivity contribution in [1.29, 1.82) is 0 Å². The van der Waals surface area contributed by atoms with Gasteiger partial charge >= 0.3 is 0 Å². The molecule has 1 aliphatic heterocycles. The first-order valence-electron chi connectivity index (χ1n) is 8.59. The smallest absolute Gasteiger partial charge is 0.246 e. The summed E-state index contributed by atoms with van der Waals surface area (Å²) in [6.07, 6.45) is 0.903. The number of rotatable bonds is 5. The summed E-state index contributed by atoms with van der Waals surface area (Å²) in [6, 6.07) is 12.1. The number of hydrogen-bond donors (Lipinski definition) is 1. The predicted octanol–water partition coefficient (Wildman–Crippen LogP) is 2.98. The zero-order valence-electron chi connectivity index (χ0n) is 15.4. The minimum atomic E-state index is -3.70. The summed E-state index contributed by atoms with van der Waals surface area (Å²) in [4.78, 5) is 14.8. The van der Waals surface area contributed by atoms with E-state index in [1.807, 2.05) is 25.1 Å². The number of anilines is 2. The number of sulfonamides is 1. The molecule has 0 spiro atoms. The first kappa shape index (κ1) is 19.7. The summed E-state index contributed by atoms with van der Waals surface area (Å²) in [5.74, 6) is -0.206. The lowest BCUT2D eigenvalue weighted by atomic mass is 10.1. The fraction of sp³-hybridized carbons (Fsp3) is 0.316. The number of amides is 1. The maximum atomic E-state index is 12.7. The molecule has 0 aliphatic carbocycles. The van der Waals surface area contributed by atoms with Crippen LogP contribution in [0.2, 0.25) is 5.02 Å². The standard InChI is InChI=1S/C19H22ClN3O3S/c1-13(23-11-10-14-6-4-5-7-17(14)23)19(24)21-15-8-9-16(20)18(12-15)27(25,26)22(2)3/h4-9,12-13H,10-11H2,1-3H3,(H,21,24)/t13-/m1/s1. The summed E-state index contributed by atoms with van der Waals surface area (Å²) >= 11 is 6.06. The van der Waals surface area contributed by atoms with Gasteiger partial charge in [-0.15, -0.1) is 0 Å². The van der Waals surface area contributed by atoms with Gasteiger partial charge in [-0.2, -0.15) is 0 Å². The molecular formula is C19H22ClN3O3S. The van der Waals surface area contributed by atoms with Crippen LogP contribution in [0.4, 0.5) is 11.4 Å². The van der Waals surface area contributed by atoms with Crippen LogP contribution in [0.15, 0.2) is 47.4 Å². The van der Waals surface area contributed by atoms with Crippen molar-refractivity contribution in [2.24, 2.45) is 0 Å². The molecule has 2 aromatic rings. The van der Waals surface area contributed by atoms with Crippen molar-refractivity contribution in [3.05, 3.63) is 53.1 Å². The number of para-hydroxylation sites is 1. The van der Waals surface area contributed by atoms with Crippen LogP contribution in [0.5, 0.6) is 0 Å². The van der Waals surface area contributed by atoms with Crippen LogP contribution in [0.25, 0.3) is 0 Å². The van der Waals surface area contributed by atoms with E-state index in [-0.39, 0.29) is 15.8 Å². The van der Waals surface area contributed by atoms with E-state index in [1.54, 1.807) is 6.07 Å². The van der Waals surface area contributed by atoms with E-state index in [0.29, 0.717) is 5.69 Å². The van der Waals surface area contributed by atoms with Crippen molar-refractivity contribution in [3.63, 3.8) is 0 Å². The van der Waals surface area contributed by atoms with Crippen molar-refractivity contribution >= 4 is 38.9 Å². The van der Waals surface area contributed by atoms with Crippen molar-refractivity contribution < 1.29 is 13.2 Å². The largest absolute Gasteiger partial charge is 0.359 e. The molecule has 1 amide bonds. The van der Waals surface area contributed by atoms with Crippen molar-refractivity contribution in [3.8, 4) is 0 Å². The van der Waals surface area contributed by atoms with Gasteiger partial charge in [-0.05, 0) is 43.2 Å². The number of carbonyl (C=O) groups excluding carboxylic acids is 1. The number of hydrogen-bond acceptors (Lipinski definition) is 4. The van der Waals surface area contributed by atoms with Gasteiger partial charge in [0.2, 0.25) is 15.9 Å². The SMILES string of the molecule is C[C@H](C(=O)Nc1ccc(Cl)c(S(=O)(=O)N(C)C)c1)N1CCc2ccccc21. The van der Waals surface area contributed by atoms with E-state index in [4.69, 9.17) is 11.6 Å². The van der Waals surface area contributed by atoms with Gasteiger partial charge < -0.3 is 10.2 Å². The molecule has 3 rings (SSSR count). The van der Waals surface area contributed by atoms with Gasteiger partial charge in [-0.25, -0.2) is 12.7 Å². The molecule has 0 unspecified atom stereocenters. The van der Waals surface area contributed by atoms with E-state index < -0.39 is 16.1 Å². The molecule has 0 saturated heterocycles. The maximum Gasteiger partial charge on any atom is 0.246 e. The molecule has 0 aromatic heterocycles. The molecule has 144 valence electrons. The molecule has 1 heterocycles. The number of nitrogens with zero attached hydrogens (tertiary/aromatic N) is 2. The molecule has 27 heavy (non-hydrogen) atoms. The summed E-state index contributed by atoms with van der Waals surface area (Å²) in [7, 11) is -0.833. The quantitative estimate of drug-likeness (QED) is 0.827. The topological polar surface area (TPSA) is 69.7 Å². The predicted molar refractivity (Wildman–Crippen MR) is 108 cm³/mol. The summed E-state index contributed by atoms with van der Waals surface area (Å²) < 4.78 is 25.9. The Kier molecular flexibility index (Phi) is 5.46. The number of carbonyl (C=O) groups is 1. The highest BCUT2D eigenvalue weighted by molar-refractivity contribution is 7.89. The van der Waals surface area contributed by atoms with Crippen LogP contribution in [0.3, 0.4) is 0 Å². The van der Waals surface area contributed by atoms with E-state index in [2.05, 4.69) is 16.3 Å². The highest BCUT2D eigenvalue weighted by Crippen LogP contribution is 2.30. The third-order valence-corrected chi connectivity index (χ3v) is 7.02. The van der Waals surface area contributed by atoms with E-state index >= 15 is 0 Å². The van der Waals surface area contributed by atoms with Gasteiger partial charge in [0.1, 0.15) is 10.9 Å². The second-order valence-corrected chi connectivity index (χ2v) is 9.20. The lowest BCUT2D eigenvalue weighted by Gasteiger charge is -2.26. The monoisotopic (exact) mass is 407 g/mol. The molecular weight excluding hydrogens is 386 g/mol. The Hall–Kier alpha value is -2.09. The summed E-state index contributed by atoms with van der Waals surface area (Å²) in [6.45, 7) is 2.61. The number of nitrogens with one attached hydrogen (secondary N) is 1. The molecule has 1 aliphatic rings. The van der Waals surface area contributed by atoms with Gasteiger partial charge in [0.25, 0.3) is 0 Å². The summed E-state index contributed by atoms with van der Waals surface area (Å²) in [5.41, 5.74) is 2.68. The van der Waals surface area contributed by atoms with Crippen LogP contribution in [0, 0.1) is 0 Å². The van der Waals surface area contributed by atoms with E-state index in [9.17, 15) is 13.2 Å². The normalized spacial score (nSPS) is 14.9. The molecule has 1 N–H and O–H groups in total. The first-order valence-corrected chi connectivity index (χ1v) is 10.4. The Balaban J connectivity index is 1.81. The zero-order chi connectivity index (χ0) is 19.8. The van der Waals surface area contributed by atoms with Crippen molar-refractivity contribution in [2.45, 2.75) is 24.3 Å². The third kappa shape index (κ3) is 3.81. The Morgan fingerprint density at radius 3 is 2.63 bits per heavy atom. The lowest BCUT2D eigenvalue weighted by Crippen LogP contribution is -2.41. The number of halogens is 1. The molecule has 6 nitrogen and oxygen atoms in total. The number of fused-ring (bicyclic) bond motifs is 1. The Morgan fingerprint density at radius 1 is 1.22 bits per heavy atom. The fourth-order valence-corrected chi connectivity index (χ4v) is 4.52. The highest BCUT2D eigenvalue weighted by Gasteiger charge is 2.28. The minimum absolute atomic E-state index is 0.0360. The van der Waals surface area contributed by atoms with Crippen molar-refractivity contribution in [2.75, 3.05) is 30.9 Å². The van der Waals surface area contributed by atoms with E-state index in [1.165, 1.54) is 31.8 Å². The van der Waals surface area contributed by atoms with Gasteiger partial charge in [-0.3, -0.25) is 4.79 Å². The van der Waals surface area contributed by atoms with Gasteiger partial charge in [-0.1, -0.05) is 29.8 Å². The molecule has 0 saturated carbocycles. The van der Waals surface area contributed by atoms with Gasteiger partial charge in [0, 0.05) is 32.0 Å². The lowest BCUT2D eigenvalue weighted by molar-refractivity contribution is -0.117. The minimum Gasteiger partial charge on any atom is -0.359 e. The van der Waals surface area contributed by atoms with Crippen LogP contribution < -0.4 is 10.2 Å². The van der Waals surface area contributed by atoms with Crippen molar-refractivity contribution in [1.82, 2.24) is 4.31 Å². The molecule has 2 aromatic carbocycles. The summed E-state index contributed by atoms with van der Waals surface area (Å²) in [5, 5.41) is 2.92. The molecule has 0 bridgehead atoms. The molecule has 8 heteroatoms. The second kappa shape index (κ2) is 7.50. The van der Waals surface area contributed by atoms with Gasteiger partial charge in [0.15, 0.2) is 0 Å². The maximum absolute atomic E-state index is 12.7. The van der Waals surface area contributed by atoms with Crippen LogP contribution in [-0.2, 0) is 21.2 Å². The highest BCUT2D eigenvalue weighted by atomic mass is 35.5. The second-order valence-electron chi connectivity index (χ2n) is 6.67. The average Bonchev–Trinajstić information content (AvgIpc) is 3.06. The number of benzene rings is 2. The average molecular weight is 408 g/mol. The molecule has 1 atom stereocenters. The molecule has 0 fully saturated rings. The molecule has 0 radical (unpaired) electrons. The van der Waals surface area contributed by atoms with Crippen LogP contribution >= 0.6 is 11.6 Å².